The lowest BCUT2D eigenvalue weighted by molar-refractivity contribution is -0.180. The first-order chi connectivity index (χ1) is 17.0. The van der Waals surface area contributed by atoms with E-state index in [2.05, 4.69) is 11.8 Å². The van der Waals surface area contributed by atoms with Gasteiger partial charge in [-0.3, -0.25) is 14.4 Å². The van der Waals surface area contributed by atoms with E-state index in [-0.39, 0.29) is 47.1 Å². The number of rotatable bonds is 2. The first kappa shape index (κ1) is 26.9. The quantitative estimate of drug-likeness (QED) is 0.306. The van der Waals surface area contributed by atoms with Crippen molar-refractivity contribution < 1.29 is 29.7 Å². The molecular formula is C31H36O6. The van der Waals surface area contributed by atoms with Crippen LogP contribution in [0.4, 0.5) is 0 Å². The van der Waals surface area contributed by atoms with Crippen LogP contribution in [0.1, 0.15) is 78.5 Å². The van der Waals surface area contributed by atoms with Crippen LogP contribution < -0.4 is 0 Å². The molecule has 3 aliphatic carbocycles. The molecule has 37 heavy (non-hydrogen) atoms. The Balaban J connectivity index is 2.05. The average Bonchev–Trinajstić information content (AvgIpc) is 2.75. The normalized spacial score (nSPS) is 31.2. The van der Waals surface area contributed by atoms with Crippen molar-refractivity contribution in [1.82, 2.24) is 0 Å². The number of allylic oxidation sites excluding steroid dienone is 1. The van der Waals surface area contributed by atoms with Crippen LogP contribution in [0.25, 0.3) is 5.76 Å². The molecule has 6 heteroatoms. The van der Waals surface area contributed by atoms with E-state index in [4.69, 9.17) is 0 Å². The molecule has 0 saturated heterocycles. The monoisotopic (exact) mass is 504 g/mol. The number of hydrogen-bond donors (Lipinski definition) is 3. The summed E-state index contributed by atoms with van der Waals surface area (Å²) in [4.78, 5) is 40.6. The number of benzene rings is 1. The van der Waals surface area contributed by atoms with Crippen LogP contribution in [0.15, 0.2) is 28.9 Å². The molecule has 1 fully saturated rings. The summed E-state index contributed by atoms with van der Waals surface area (Å²) in [5.41, 5.74) is -2.93. The van der Waals surface area contributed by atoms with Gasteiger partial charge in [0.25, 0.3) is 0 Å². The maximum absolute atomic E-state index is 14.3. The maximum Gasteiger partial charge on any atom is 0.206 e. The number of Topliss-reactive ketones (excluding diaryl/α,β-unsaturated/α-hetero) is 3. The zero-order valence-electron chi connectivity index (χ0n) is 22.9. The van der Waals surface area contributed by atoms with Crippen LogP contribution in [0.2, 0.25) is 0 Å². The number of phenols is 1. The number of ketones is 3. The lowest BCUT2D eigenvalue weighted by Gasteiger charge is -2.60. The lowest BCUT2D eigenvalue weighted by Crippen LogP contribution is -2.70. The molecular weight excluding hydrogens is 468 g/mol. The van der Waals surface area contributed by atoms with E-state index in [1.165, 1.54) is 13.0 Å². The van der Waals surface area contributed by atoms with Gasteiger partial charge in [-0.25, -0.2) is 0 Å². The maximum atomic E-state index is 14.3. The smallest absolute Gasteiger partial charge is 0.206 e. The van der Waals surface area contributed by atoms with E-state index in [1.807, 2.05) is 34.6 Å². The van der Waals surface area contributed by atoms with E-state index in [0.29, 0.717) is 16.7 Å². The third-order valence-corrected chi connectivity index (χ3v) is 8.69. The van der Waals surface area contributed by atoms with Crippen molar-refractivity contribution in [2.24, 2.45) is 28.6 Å². The topological polar surface area (TPSA) is 112 Å². The molecule has 3 aliphatic rings. The highest BCUT2D eigenvalue weighted by atomic mass is 16.3. The Bertz CT molecular complexity index is 1380. The number of phenolic OH excluding ortho intramolecular Hbond substituents is 1. The van der Waals surface area contributed by atoms with E-state index < -0.39 is 45.5 Å². The summed E-state index contributed by atoms with van der Waals surface area (Å²) in [6.07, 6.45) is 0.502. The predicted octanol–water partition coefficient (Wildman–Crippen LogP) is 4.70. The van der Waals surface area contributed by atoms with Gasteiger partial charge in [0, 0.05) is 27.9 Å². The molecule has 0 unspecified atom stereocenters. The van der Waals surface area contributed by atoms with Gasteiger partial charge in [-0.15, -0.1) is 0 Å². The van der Waals surface area contributed by atoms with Crippen molar-refractivity contribution in [3.63, 3.8) is 0 Å². The molecule has 1 aromatic carbocycles. The molecule has 0 aliphatic heterocycles. The highest BCUT2D eigenvalue weighted by molar-refractivity contribution is 6.33. The molecule has 0 spiro atoms. The van der Waals surface area contributed by atoms with Crippen molar-refractivity contribution in [2.75, 3.05) is 0 Å². The average molecular weight is 505 g/mol. The van der Waals surface area contributed by atoms with Crippen LogP contribution in [0, 0.1) is 40.4 Å². The summed E-state index contributed by atoms with van der Waals surface area (Å²) in [5, 5.41) is 34.3. The molecule has 1 aromatic rings. The lowest BCUT2D eigenvalue weighted by atomic mass is 9.42. The zero-order valence-corrected chi connectivity index (χ0v) is 22.9. The molecule has 0 amide bonds. The number of aromatic hydroxyl groups is 1. The van der Waals surface area contributed by atoms with E-state index in [9.17, 15) is 29.7 Å². The second-order valence-electron chi connectivity index (χ2n) is 12.2. The van der Waals surface area contributed by atoms with Gasteiger partial charge in [0.15, 0.2) is 11.4 Å². The molecule has 0 bridgehead atoms. The summed E-state index contributed by atoms with van der Waals surface area (Å²) in [6.45, 7) is 14.5. The number of fused-ring (bicyclic) bond motifs is 3. The minimum Gasteiger partial charge on any atom is -0.507 e. The highest BCUT2D eigenvalue weighted by Crippen LogP contribution is 2.65. The Kier molecular flexibility index (Phi) is 6.12. The standard InChI is InChI=1S/C31H36O6/c1-15(2)9-10-19-11-12-21(33)23-20(19)13-29(7)14-30(8)24(16(3)4)17(5)22(18(6)32)27(35)31(30,37)28(36)25(29)26(23)34/h11-12,15-16,24,33-34,37H,13-14H2,1-8H3/t24-,29+,30+,31-/m1/s1. The second-order valence-corrected chi connectivity index (χ2v) is 12.2. The third-order valence-electron chi connectivity index (χ3n) is 8.69. The predicted molar refractivity (Wildman–Crippen MR) is 141 cm³/mol. The van der Waals surface area contributed by atoms with Crippen molar-refractivity contribution >= 4 is 23.1 Å². The first-order valence-corrected chi connectivity index (χ1v) is 12.9. The van der Waals surface area contributed by atoms with Crippen LogP contribution >= 0.6 is 0 Å². The van der Waals surface area contributed by atoms with Gasteiger partial charge < -0.3 is 15.3 Å². The van der Waals surface area contributed by atoms with Crippen LogP contribution in [0.3, 0.4) is 0 Å². The van der Waals surface area contributed by atoms with Gasteiger partial charge in [0.1, 0.15) is 11.5 Å². The van der Waals surface area contributed by atoms with Gasteiger partial charge in [-0.05, 0) is 56.2 Å². The molecule has 0 heterocycles. The molecule has 1 saturated carbocycles. The fourth-order valence-corrected chi connectivity index (χ4v) is 7.59. The fraction of sp³-hybridized carbons (Fsp3) is 0.516. The van der Waals surface area contributed by atoms with E-state index in [1.54, 1.807) is 19.9 Å². The molecule has 0 radical (unpaired) electrons. The SMILES string of the molecule is CC(=O)C1=C(C)[C@@H](C(C)C)[C@]2(C)C[C@]3(C)Cc4c(C#CC(C)C)ccc(O)c4C(O)=C3C(=O)[C@]2(O)C1=O. The Hall–Kier alpha value is -3.17. The molecule has 4 rings (SSSR count). The Labute approximate surface area is 218 Å². The van der Waals surface area contributed by atoms with E-state index >= 15 is 0 Å². The summed E-state index contributed by atoms with van der Waals surface area (Å²) >= 11 is 0. The number of hydrogen-bond acceptors (Lipinski definition) is 6. The molecule has 0 aromatic heterocycles. The summed E-state index contributed by atoms with van der Waals surface area (Å²) in [6, 6.07) is 3.14. The molecule has 3 N–H and O–H groups in total. The molecule has 196 valence electrons. The number of carbonyl (C=O) groups is 3. The number of carbonyl (C=O) groups excluding carboxylic acids is 3. The largest absolute Gasteiger partial charge is 0.507 e. The highest BCUT2D eigenvalue weighted by Gasteiger charge is 2.71. The summed E-state index contributed by atoms with van der Waals surface area (Å²) < 4.78 is 0. The van der Waals surface area contributed by atoms with Crippen molar-refractivity contribution in [2.45, 2.75) is 73.8 Å². The third kappa shape index (κ3) is 3.47. The van der Waals surface area contributed by atoms with E-state index in [0.717, 1.165) is 0 Å². The number of aliphatic hydroxyl groups excluding tert-OH is 1. The Morgan fingerprint density at radius 3 is 2.24 bits per heavy atom. The van der Waals surface area contributed by atoms with Gasteiger partial charge in [0.2, 0.25) is 11.6 Å². The molecule has 6 nitrogen and oxygen atoms in total. The minimum absolute atomic E-state index is 0.0810. The van der Waals surface area contributed by atoms with Crippen LogP contribution in [-0.4, -0.2) is 38.3 Å². The molecule has 4 atom stereocenters. The van der Waals surface area contributed by atoms with Gasteiger partial charge in [-0.1, -0.05) is 59.0 Å². The summed E-state index contributed by atoms with van der Waals surface area (Å²) in [7, 11) is 0. The number of aliphatic hydroxyl groups is 2. The van der Waals surface area contributed by atoms with Crippen molar-refractivity contribution in [3.05, 3.63) is 45.5 Å². The van der Waals surface area contributed by atoms with Gasteiger partial charge in [-0.2, -0.15) is 0 Å². The van der Waals surface area contributed by atoms with Gasteiger partial charge in [0.05, 0.1) is 11.1 Å². The Morgan fingerprint density at radius 1 is 1.08 bits per heavy atom. The van der Waals surface area contributed by atoms with Crippen molar-refractivity contribution in [1.29, 1.82) is 0 Å². The fourth-order valence-electron chi connectivity index (χ4n) is 7.59. The summed E-state index contributed by atoms with van der Waals surface area (Å²) in [5.74, 6) is 2.93. The first-order valence-electron chi connectivity index (χ1n) is 12.9. The van der Waals surface area contributed by atoms with Crippen LogP contribution in [-0.2, 0) is 20.8 Å². The zero-order chi connectivity index (χ0) is 27.8. The minimum atomic E-state index is -2.52. The van der Waals surface area contributed by atoms with Gasteiger partial charge >= 0.3 is 0 Å². The van der Waals surface area contributed by atoms with Crippen molar-refractivity contribution in [3.8, 4) is 17.6 Å². The second kappa shape index (κ2) is 8.43. The van der Waals surface area contributed by atoms with Crippen LogP contribution in [0.5, 0.6) is 5.75 Å². The Morgan fingerprint density at radius 2 is 1.70 bits per heavy atom.